The molecule has 0 spiro atoms. The van der Waals surface area contributed by atoms with Crippen molar-refractivity contribution in [2.75, 3.05) is 19.6 Å². The first-order valence-corrected chi connectivity index (χ1v) is 7.29. The largest absolute Gasteiger partial charge is 0.508 e. The van der Waals surface area contributed by atoms with Gasteiger partial charge in [-0.3, -0.25) is 4.79 Å². The SMILES string of the molecule is Cc1ccc(C(=O)NCC2CCN(C(C)C)C2)cc1O. The average molecular weight is 276 g/mol. The van der Waals surface area contributed by atoms with Gasteiger partial charge in [-0.05, 0) is 57.4 Å². The number of carbonyl (C=O) groups excluding carboxylic acids is 1. The minimum Gasteiger partial charge on any atom is -0.508 e. The molecule has 110 valence electrons. The fraction of sp³-hybridized carbons (Fsp3) is 0.562. The van der Waals surface area contributed by atoms with Gasteiger partial charge < -0.3 is 15.3 Å². The first kappa shape index (κ1) is 14.9. The number of hydrogen-bond acceptors (Lipinski definition) is 3. The van der Waals surface area contributed by atoms with Crippen molar-refractivity contribution in [3.63, 3.8) is 0 Å². The fourth-order valence-corrected chi connectivity index (χ4v) is 2.59. The zero-order chi connectivity index (χ0) is 14.7. The maximum absolute atomic E-state index is 12.0. The van der Waals surface area contributed by atoms with E-state index in [1.807, 2.05) is 6.92 Å². The van der Waals surface area contributed by atoms with E-state index in [4.69, 9.17) is 0 Å². The second-order valence-electron chi connectivity index (χ2n) is 5.95. The van der Waals surface area contributed by atoms with E-state index in [0.717, 1.165) is 25.1 Å². The molecule has 0 bridgehead atoms. The van der Waals surface area contributed by atoms with Gasteiger partial charge >= 0.3 is 0 Å². The molecule has 4 heteroatoms. The van der Waals surface area contributed by atoms with E-state index in [2.05, 4.69) is 24.1 Å². The van der Waals surface area contributed by atoms with E-state index in [1.165, 1.54) is 6.07 Å². The summed E-state index contributed by atoms with van der Waals surface area (Å²) < 4.78 is 0. The Morgan fingerprint density at radius 2 is 2.25 bits per heavy atom. The topological polar surface area (TPSA) is 52.6 Å². The summed E-state index contributed by atoms with van der Waals surface area (Å²) in [6, 6.07) is 5.62. The molecular formula is C16H24N2O2. The molecule has 0 saturated carbocycles. The highest BCUT2D eigenvalue weighted by Gasteiger charge is 2.24. The molecule has 1 aromatic rings. The van der Waals surface area contributed by atoms with Crippen molar-refractivity contribution in [3.8, 4) is 5.75 Å². The quantitative estimate of drug-likeness (QED) is 0.886. The number of phenols is 1. The number of benzene rings is 1. The van der Waals surface area contributed by atoms with Crippen LogP contribution in [0.5, 0.6) is 5.75 Å². The summed E-state index contributed by atoms with van der Waals surface area (Å²) >= 11 is 0. The molecule has 2 rings (SSSR count). The molecule has 1 atom stereocenters. The molecule has 1 aliphatic heterocycles. The lowest BCUT2D eigenvalue weighted by atomic mass is 10.1. The van der Waals surface area contributed by atoms with Gasteiger partial charge in [0.1, 0.15) is 5.75 Å². The van der Waals surface area contributed by atoms with Gasteiger partial charge in [-0.1, -0.05) is 6.07 Å². The first-order valence-electron chi connectivity index (χ1n) is 7.29. The number of hydrogen-bond donors (Lipinski definition) is 2. The van der Waals surface area contributed by atoms with Crippen LogP contribution in [-0.2, 0) is 0 Å². The normalized spacial score (nSPS) is 19.5. The molecule has 1 fully saturated rings. The summed E-state index contributed by atoms with van der Waals surface area (Å²) in [5.74, 6) is 0.591. The Hall–Kier alpha value is -1.55. The Labute approximate surface area is 120 Å². The van der Waals surface area contributed by atoms with E-state index in [0.29, 0.717) is 24.1 Å². The van der Waals surface area contributed by atoms with Gasteiger partial charge in [0.15, 0.2) is 0 Å². The Bertz CT molecular complexity index is 485. The molecule has 0 radical (unpaired) electrons. The first-order chi connectivity index (χ1) is 9.47. The zero-order valence-electron chi connectivity index (χ0n) is 12.5. The summed E-state index contributed by atoms with van der Waals surface area (Å²) in [5.41, 5.74) is 1.30. The van der Waals surface area contributed by atoms with Crippen molar-refractivity contribution in [2.45, 2.75) is 33.2 Å². The maximum atomic E-state index is 12.0. The third kappa shape index (κ3) is 3.51. The summed E-state index contributed by atoms with van der Waals surface area (Å²) in [5, 5.41) is 12.6. The van der Waals surface area contributed by atoms with Crippen LogP contribution in [0.15, 0.2) is 18.2 Å². The van der Waals surface area contributed by atoms with Crippen molar-refractivity contribution in [3.05, 3.63) is 29.3 Å². The van der Waals surface area contributed by atoms with Gasteiger partial charge in [0.2, 0.25) is 0 Å². The van der Waals surface area contributed by atoms with E-state index < -0.39 is 0 Å². The minimum atomic E-state index is -0.108. The highest BCUT2D eigenvalue weighted by molar-refractivity contribution is 5.94. The van der Waals surface area contributed by atoms with E-state index in [9.17, 15) is 9.90 Å². The van der Waals surface area contributed by atoms with E-state index >= 15 is 0 Å². The molecule has 1 unspecified atom stereocenters. The van der Waals surface area contributed by atoms with Crippen LogP contribution in [0.1, 0.15) is 36.2 Å². The van der Waals surface area contributed by atoms with Crippen LogP contribution in [0, 0.1) is 12.8 Å². The average Bonchev–Trinajstić information content (AvgIpc) is 2.88. The molecule has 0 aromatic heterocycles. The predicted octanol–water partition coefficient (Wildman–Crippen LogP) is 2.16. The third-order valence-electron chi connectivity index (χ3n) is 4.07. The third-order valence-corrected chi connectivity index (χ3v) is 4.07. The summed E-state index contributed by atoms with van der Waals surface area (Å²) in [6.07, 6.45) is 1.14. The van der Waals surface area contributed by atoms with Gasteiger partial charge in [0.05, 0.1) is 0 Å². The molecule has 2 N–H and O–H groups in total. The van der Waals surface area contributed by atoms with Crippen LogP contribution >= 0.6 is 0 Å². The molecule has 1 saturated heterocycles. The number of likely N-dealkylation sites (tertiary alicyclic amines) is 1. The van der Waals surface area contributed by atoms with Crippen molar-refractivity contribution >= 4 is 5.91 Å². The molecule has 4 nitrogen and oxygen atoms in total. The van der Waals surface area contributed by atoms with Crippen LogP contribution in [0.4, 0.5) is 0 Å². The number of aromatic hydroxyl groups is 1. The van der Waals surface area contributed by atoms with Gasteiger partial charge in [-0.15, -0.1) is 0 Å². The molecule has 1 heterocycles. The molecule has 0 aliphatic carbocycles. The maximum Gasteiger partial charge on any atom is 0.251 e. The lowest BCUT2D eigenvalue weighted by molar-refractivity contribution is 0.0946. The molecule has 20 heavy (non-hydrogen) atoms. The summed E-state index contributed by atoms with van der Waals surface area (Å²) in [7, 11) is 0. The van der Waals surface area contributed by atoms with Crippen LogP contribution in [0.3, 0.4) is 0 Å². The molecular weight excluding hydrogens is 252 g/mol. The molecule has 1 aromatic carbocycles. The summed E-state index contributed by atoms with van der Waals surface area (Å²) in [6.45, 7) is 9.10. The number of nitrogens with zero attached hydrogens (tertiary/aromatic N) is 1. The minimum absolute atomic E-state index is 0.108. The number of rotatable bonds is 4. The number of phenolic OH excluding ortho intramolecular Hbond substituents is 1. The Morgan fingerprint density at radius 3 is 2.85 bits per heavy atom. The number of nitrogens with one attached hydrogen (secondary N) is 1. The predicted molar refractivity (Wildman–Crippen MR) is 80.0 cm³/mol. The second-order valence-corrected chi connectivity index (χ2v) is 5.95. The van der Waals surface area contributed by atoms with E-state index in [-0.39, 0.29) is 11.7 Å². The van der Waals surface area contributed by atoms with Gasteiger partial charge in [-0.2, -0.15) is 0 Å². The number of carbonyl (C=O) groups is 1. The molecule has 1 aliphatic rings. The van der Waals surface area contributed by atoms with Crippen molar-refractivity contribution in [2.24, 2.45) is 5.92 Å². The van der Waals surface area contributed by atoms with Crippen LogP contribution in [0.2, 0.25) is 0 Å². The Kier molecular flexibility index (Phi) is 4.65. The van der Waals surface area contributed by atoms with Gasteiger partial charge in [-0.25, -0.2) is 0 Å². The van der Waals surface area contributed by atoms with Crippen LogP contribution in [-0.4, -0.2) is 41.6 Å². The van der Waals surface area contributed by atoms with Gasteiger partial charge in [0, 0.05) is 24.7 Å². The standard InChI is InChI=1S/C16H24N2O2/c1-11(2)18-7-6-13(10-18)9-17-16(20)14-5-4-12(3)15(19)8-14/h4-5,8,11,13,19H,6-7,9-10H2,1-3H3,(H,17,20). The Balaban J connectivity index is 1.85. The lowest BCUT2D eigenvalue weighted by Gasteiger charge is -2.20. The smallest absolute Gasteiger partial charge is 0.251 e. The van der Waals surface area contributed by atoms with Crippen LogP contribution < -0.4 is 5.32 Å². The lowest BCUT2D eigenvalue weighted by Crippen LogP contribution is -2.32. The highest BCUT2D eigenvalue weighted by Crippen LogP contribution is 2.19. The Morgan fingerprint density at radius 1 is 1.50 bits per heavy atom. The van der Waals surface area contributed by atoms with Crippen molar-refractivity contribution in [1.29, 1.82) is 0 Å². The number of amides is 1. The monoisotopic (exact) mass is 276 g/mol. The second kappa shape index (κ2) is 6.27. The van der Waals surface area contributed by atoms with Gasteiger partial charge in [0.25, 0.3) is 5.91 Å². The zero-order valence-corrected chi connectivity index (χ0v) is 12.5. The van der Waals surface area contributed by atoms with Crippen molar-refractivity contribution in [1.82, 2.24) is 10.2 Å². The molecule has 1 amide bonds. The highest BCUT2D eigenvalue weighted by atomic mass is 16.3. The summed E-state index contributed by atoms with van der Waals surface area (Å²) in [4.78, 5) is 14.5. The van der Waals surface area contributed by atoms with Crippen LogP contribution in [0.25, 0.3) is 0 Å². The fourth-order valence-electron chi connectivity index (χ4n) is 2.59. The number of aryl methyl sites for hydroxylation is 1. The van der Waals surface area contributed by atoms with E-state index in [1.54, 1.807) is 12.1 Å². The van der Waals surface area contributed by atoms with Crippen molar-refractivity contribution < 1.29 is 9.90 Å².